The zero-order valence-corrected chi connectivity index (χ0v) is 11.7. The molecule has 7 nitrogen and oxygen atoms in total. The van der Waals surface area contributed by atoms with Crippen LogP contribution in [0, 0.1) is 0 Å². The minimum absolute atomic E-state index is 0.0583. The third-order valence-corrected chi connectivity index (χ3v) is 4.24. The number of carbonyl (C=O) groups excluding carboxylic acids is 1. The van der Waals surface area contributed by atoms with E-state index in [-0.39, 0.29) is 11.9 Å². The van der Waals surface area contributed by atoms with Crippen molar-refractivity contribution >= 4 is 5.91 Å². The Kier molecular flexibility index (Phi) is 2.98. The first-order valence-corrected chi connectivity index (χ1v) is 7.43. The molecule has 1 saturated heterocycles. The maximum atomic E-state index is 12.6. The van der Waals surface area contributed by atoms with Crippen molar-refractivity contribution in [2.24, 2.45) is 0 Å². The summed E-state index contributed by atoms with van der Waals surface area (Å²) in [5, 5.41) is 11.8. The Hall–Kier alpha value is -2.18. The zero-order valence-electron chi connectivity index (χ0n) is 11.7. The Morgan fingerprint density at radius 2 is 2.29 bits per heavy atom. The van der Waals surface area contributed by atoms with Crippen LogP contribution in [0.2, 0.25) is 0 Å². The average molecular weight is 287 g/mol. The van der Waals surface area contributed by atoms with Gasteiger partial charge in [0, 0.05) is 24.7 Å². The highest BCUT2D eigenvalue weighted by atomic mass is 16.5. The fourth-order valence-electron chi connectivity index (χ4n) is 2.94. The van der Waals surface area contributed by atoms with E-state index in [0.717, 1.165) is 37.9 Å². The summed E-state index contributed by atoms with van der Waals surface area (Å²) in [5.74, 6) is 0.805. The molecule has 21 heavy (non-hydrogen) atoms. The minimum atomic E-state index is -0.0583. The summed E-state index contributed by atoms with van der Waals surface area (Å²) in [5.41, 5.74) is 0.922. The molecule has 7 heteroatoms. The molecule has 1 saturated carbocycles. The van der Waals surface area contributed by atoms with E-state index in [1.165, 1.54) is 0 Å². The van der Waals surface area contributed by atoms with Gasteiger partial charge < -0.3 is 9.42 Å². The molecule has 110 valence electrons. The molecule has 0 N–H and O–H groups in total. The number of likely N-dealkylation sites (tertiary alicyclic amines) is 1. The van der Waals surface area contributed by atoms with Gasteiger partial charge in [-0.15, -0.1) is 5.10 Å². The topological polar surface area (TPSA) is 77.0 Å². The van der Waals surface area contributed by atoms with Gasteiger partial charge in [0.2, 0.25) is 5.76 Å². The van der Waals surface area contributed by atoms with Gasteiger partial charge >= 0.3 is 0 Å². The van der Waals surface area contributed by atoms with Gasteiger partial charge in [-0.25, -0.2) is 0 Å². The van der Waals surface area contributed by atoms with Gasteiger partial charge in [0.1, 0.15) is 0 Å². The molecule has 2 aromatic heterocycles. The highest BCUT2D eigenvalue weighted by Gasteiger charge is 2.33. The molecular weight excluding hydrogens is 270 g/mol. The maximum absolute atomic E-state index is 12.6. The van der Waals surface area contributed by atoms with Crippen LogP contribution in [0.3, 0.4) is 0 Å². The van der Waals surface area contributed by atoms with Crippen molar-refractivity contribution in [2.45, 2.75) is 44.2 Å². The molecule has 1 amide bonds. The molecule has 0 aromatic carbocycles. The zero-order chi connectivity index (χ0) is 14.2. The predicted octanol–water partition coefficient (Wildman–Crippen LogP) is 1.45. The molecule has 0 spiro atoms. The molecule has 1 aliphatic heterocycles. The molecule has 0 bridgehead atoms. The number of rotatable bonds is 4. The van der Waals surface area contributed by atoms with E-state index in [2.05, 4.69) is 15.5 Å². The molecule has 2 fully saturated rings. The van der Waals surface area contributed by atoms with Crippen LogP contribution in [0.1, 0.15) is 47.8 Å². The summed E-state index contributed by atoms with van der Waals surface area (Å²) >= 11 is 0. The number of amides is 1. The largest absolute Gasteiger partial charge is 0.351 e. The molecule has 2 aliphatic rings. The fraction of sp³-hybridized carbons (Fsp3) is 0.571. The van der Waals surface area contributed by atoms with Gasteiger partial charge in [0.25, 0.3) is 5.91 Å². The van der Waals surface area contributed by atoms with Crippen LogP contribution in [0.25, 0.3) is 0 Å². The van der Waals surface area contributed by atoms with Crippen molar-refractivity contribution in [3.8, 4) is 0 Å². The third-order valence-electron chi connectivity index (χ3n) is 4.24. The lowest BCUT2D eigenvalue weighted by Gasteiger charge is -2.23. The van der Waals surface area contributed by atoms with E-state index in [1.54, 1.807) is 10.9 Å². The molecule has 2 aromatic rings. The van der Waals surface area contributed by atoms with Gasteiger partial charge in [-0.3, -0.25) is 9.48 Å². The lowest BCUT2D eigenvalue weighted by Crippen LogP contribution is -2.38. The Morgan fingerprint density at radius 1 is 1.38 bits per heavy atom. The molecular formula is C14H17N5O2. The third kappa shape index (κ3) is 2.43. The molecule has 4 rings (SSSR count). The Bertz CT molecular complexity index is 632. The SMILES string of the molecule is O=C(c1cc(C2CC2)no1)N1CCC[C@H]1Cn1ccnn1. The second-order valence-corrected chi connectivity index (χ2v) is 5.81. The van der Waals surface area contributed by atoms with Crippen molar-refractivity contribution in [3.05, 3.63) is 29.9 Å². The molecule has 1 aliphatic carbocycles. The number of nitrogens with zero attached hydrogens (tertiary/aromatic N) is 5. The van der Waals surface area contributed by atoms with Crippen molar-refractivity contribution in [1.29, 1.82) is 0 Å². The lowest BCUT2D eigenvalue weighted by molar-refractivity contribution is 0.0679. The number of carbonyl (C=O) groups is 1. The van der Waals surface area contributed by atoms with Crippen molar-refractivity contribution < 1.29 is 9.32 Å². The molecule has 3 heterocycles. The maximum Gasteiger partial charge on any atom is 0.292 e. The lowest BCUT2D eigenvalue weighted by atomic mass is 10.2. The van der Waals surface area contributed by atoms with Gasteiger partial charge in [-0.2, -0.15) is 0 Å². The van der Waals surface area contributed by atoms with E-state index in [0.29, 0.717) is 18.2 Å². The van der Waals surface area contributed by atoms with Crippen molar-refractivity contribution in [1.82, 2.24) is 25.1 Å². The first-order chi connectivity index (χ1) is 10.3. The summed E-state index contributed by atoms with van der Waals surface area (Å²) in [6, 6.07) is 1.96. The smallest absolute Gasteiger partial charge is 0.292 e. The normalized spacial score (nSPS) is 21.9. The van der Waals surface area contributed by atoms with Crippen LogP contribution in [0.15, 0.2) is 23.0 Å². The Morgan fingerprint density at radius 3 is 3.05 bits per heavy atom. The van der Waals surface area contributed by atoms with Crippen molar-refractivity contribution in [2.75, 3.05) is 6.54 Å². The standard InChI is InChI=1S/C14H17N5O2/c20-14(13-8-12(16-21-13)10-3-4-10)19-6-1-2-11(19)9-18-7-5-15-17-18/h5,7-8,10-11H,1-4,6,9H2/t11-/m0/s1. The Balaban J connectivity index is 1.48. The van der Waals surface area contributed by atoms with Crippen LogP contribution in [-0.4, -0.2) is 43.5 Å². The van der Waals surface area contributed by atoms with Crippen LogP contribution in [-0.2, 0) is 6.54 Å². The summed E-state index contributed by atoms with van der Waals surface area (Å²) in [4.78, 5) is 14.5. The summed E-state index contributed by atoms with van der Waals surface area (Å²) in [6.07, 6.45) is 7.77. The second-order valence-electron chi connectivity index (χ2n) is 5.81. The van der Waals surface area contributed by atoms with Crippen molar-refractivity contribution in [3.63, 3.8) is 0 Å². The van der Waals surface area contributed by atoms with Gasteiger partial charge in [0.05, 0.1) is 24.5 Å². The number of hydrogen-bond acceptors (Lipinski definition) is 5. The van der Waals surface area contributed by atoms with Gasteiger partial charge in [0.15, 0.2) is 0 Å². The molecule has 1 atom stereocenters. The van der Waals surface area contributed by atoms with Crippen LogP contribution in [0.5, 0.6) is 0 Å². The highest BCUT2D eigenvalue weighted by Crippen LogP contribution is 2.39. The van der Waals surface area contributed by atoms with Crippen LogP contribution >= 0.6 is 0 Å². The number of aromatic nitrogens is 4. The summed E-state index contributed by atoms with van der Waals surface area (Å²) in [6.45, 7) is 1.44. The van der Waals surface area contributed by atoms with E-state index in [4.69, 9.17) is 4.52 Å². The van der Waals surface area contributed by atoms with Gasteiger partial charge in [-0.1, -0.05) is 10.4 Å². The average Bonchev–Trinajstić information content (AvgIpc) is 2.96. The summed E-state index contributed by atoms with van der Waals surface area (Å²) < 4.78 is 7.02. The first kappa shape index (κ1) is 12.6. The quantitative estimate of drug-likeness (QED) is 0.850. The molecule has 0 radical (unpaired) electrons. The Labute approximate surface area is 121 Å². The van der Waals surface area contributed by atoms with E-state index >= 15 is 0 Å². The van der Waals surface area contributed by atoms with Crippen LogP contribution < -0.4 is 0 Å². The van der Waals surface area contributed by atoms with E-state index in [1.807, 2.05) is 17.2 Å². The monoisotopic (exact) mass is 287 g/mol. The fourth-order valence-corrected chi connectivity index (χ4v) is 2.94. The van der Waals surface area contributed by atoms with Gasteiger partial charge in [-0.05, 0) is 25.7 Å². The molecule has 0 unspecified atom stereocenters. The predicted molar refractivity (Wildman–Crippen MR) is 72.6 cm³/mol. The number of hydrogen-bond donors (Lipinski definition) is 0. The second kappa shape index (κ2) is 4.98. The van der Waals surface area contributed by atoms with E-state index in [9.17, 15) is 4.79 Å². The first-order valence-electron chi connectivity index (χ1n) is 7.43. The van der Waals surface area contributed by atoms with Crippen LogP contribution in [0.4, 0.5) is 0 Å². The highest BCUT2D eigenvalue weighted by molar-refractivity contribution is 5.91. The summed E-state index contributed by atoms with van der Waals surface area (Å²) in [7, 11) is 0. The minimum Gasteiger partial charge on any atom is -0.351 e. The van der Waals surface area contributed by atoms with E-state index < -0.39 is 0 Å².